The summed E-state index contributed by atoms with van der Waals surface area (Å²) in [5.41, 5.74) is 1.54. The van der Waals surface area contributed by atoms with Crippen LogP contribution in [0.2, 0.25) is 0 Å². The second kappa shape index (κ2) is 5.98. The van der Waals surface area contributed by atoms with E-state index in [0.717, 1.165) is 30.0 Å². The maximum absolute atomic E-state index is 12.3. The Hall–Kier alpha value is -2.15. The second-order valence-corrected chi connectivity index (χ2v) is 8.40. The molecule has 2 aliphatic rings. The molecular weight excluding hydrogens is 336 g/mol. The van der Waals surface area contributed by atoms with E-state index in [0.29, 0.717) is 12.6 Å². The van der Waals surface area contributed by atoms with Gasteiger partial charge in [-0.15, -0.1) is 10.2 Å². The van der Waals surface area contributed by atoms with Crippen molar-refractivity contribution in [2.24, 2.45) is 0 Å². The van der Waals surface area contributed by atoms with Crippen LogP contribution in [0.25, 0.3) is 11.3 Å². The zero-order chi connectivity index (χ0) is 17.6. The van der Waals surface area contributed by atoms with Gasteiger partial charge in [0.15, 0.2) is 5.82 Å². The molecule has 2 fully saturated rings. The van der Waals surface area contributed by atoms with Gasteiger partial charge in [-0.25, -0.2) is 4.79 Å². The number of piperazine rings is 1. The summed E-state index contributed by atoms with van der Waals surface area (Å²) in [7, 11) is 0. The number of aromatic nitrogens is 2. The van der Waals surface area contributed by atoms with Crippen molar-refractivity contribution in [1.29, 1.82) is 0 Å². The highest BCUT2D eigenvalue weighted by atomic mass is 32.1. The number of anilines is 1. The molecule has 25 heavy (non-hydrogen) atoms. The van der Waals surface area contributed by atoms with Crippen LogP contribution < -0.4 is 4.90 Å². The van der Waals surface area contributed by atoms with E-state index in [9.17, 15) is 4.79 Å². The zero-order valence-corrected chi connectivity index (χ0v) is 15.5. The predicted octanol–water partition coefficient (Wildman–Crippen LogP) is 3.40. The van der Waals surface area contributed by atoms with Gasteiger partial charge in [-0.2, -0.15) is 11.3 Å². The van der Waals surface area contributed by atoms with Gasteiger partial charge < -0.3 is 14.5 Å². The van der Waals surface area contributed by atoms with E-state index < -0.39 is 5.60 Å². The summed E-state index contributed by atoms with van der Waals surface area (Å²) in [5.74, 6) is 0.885. The molecule has 2 atom stereocenters. The number of amides is 1. The third-order valence-corrected chi connectivity index (χ3v) is 5.31. The number of fused-ring (bicyclic) bond motifs is 2. The van der Waals surface area contributed by atoms with Crippen LogP contribution in [0.15, 0.2) is 29.0 Å². The first-order valence-electron chi connectivity index (χ1n) is 8.53. The summed E-state index contributed by atoms with van der Waals surface area (Å²) in [4.78, 5) is 16.4. The smallest absolute Gasteiger partial charge is 0.410 e. The minimum Gasteiger partial charge on any atom is -0.444 e. The molecule has 0 aliphatic carbocycles. The highest BCUT2D eigenvalue weighted by Gasteiger charge is 2.47. The summed E-state index contributed by atoms with van der Waals surface area (Å²) in [6.07, 6.45) is 0.756. The molecule has 2 aliphatic heterocycles. The average molecular weight is 358 g/mol. The molecule has 2 saturated heterocycles. The number of carbonyl (C=O) groups is 1. The molecule has 132 valence electrons. The quantitative estimate of drug-likeness (QED) is 0.823. The molecule has 0 spiro atoms. The molecule has 0 unspecified atom stereocenters. The summed E-state index contributed by atoms with van der Waals surface area (Å²) in [6, 6.07) is 6.57. The van der Waals surface area contributed by atoms with Crippen molar-refractivity contribution in [3.8, 4) is 11.3 Å². The average Bonchev–Trinajstić information content (AvgIpc) is 3.29. The molecule has 4 heterocycles. The Morgan fingerprint density at radius 1 is 1.20 bits per heavy atom. The molecular formula is C18H22N4O2S. The van der Waals surface area contributed by atoms with Crippen LogP contribution in [-0.4, -0.2) is 52.0 Å². The Labute approximate surface area is 151 Å². The summed E-state index contributed by atoms with van der Waals surface area (Å²) >= 11 is 1.65. The molecule has 0 aromatic carbocycles. The molecule has 4 rings (SSSR count). The van der Waals surface area contributed by atoms with E-state index in [1.165, 1.54) is 0 Å². The number of ether oxygens (including phenoxy) is 1. The lowest BCUT2D eigenvalue weighted by molar-refractivity contribution is 0.0214. The van der Waals surface area contributed by atoms with Crippen LogP contribution in [0, 0.1) is 0 Å². The van der Waals surface area contributed by atoms with Crippen molar-refractivity contribution in [3.63, 3.8) is 0 Å². The standard InChI is InChI=1S/C18H22N4O2S/c1-18(2,3)24-17(23)22-10-13-8-14(22)9-21(13)16-5-4-15(19-20-16)12-6-7-25-11-12/h4-7,11,13-14H,8-10H2,1-3H3/t13-,14-/m0/s1. The Kier molecular flexibility index (Phi) is 3.91. The van der Waals surface area contributed by atoms with Crippen LogP contribution in [-0.2, 0) is 4.74 Å². The number of rotatable bonds is 2. The van der Waals surface area contributed by atoms with E-state index in [4.69, 9.17) is 4.74 Å². The van der Waals surface area contributed by atoms with Gasteiger partial charge in [0.1, 0.15) is 5.60 Å². The van der Waals surface area contributed by atoms with E-state index >= 15 is 0 Å². The highest BCUT2D eigenvalue weighted by molar-refractivity contribution is 7.08. The maximum Gasteiger partial charge on any atom is 0.410 e. The molecule has 0 N–H and O–H groups in total. The van der Waals surface area contributed by atoms with Crippen LogP contribution in [0.5, 0.6) is 0 Å². The van der Waals surface area contributed by atoms with E-state index in [1.54, 1.807) is 11.3 Å². The molecule has 6 nitrogen and oxygen atoms in total. The first kappa shape index (κ1) is 16.3. The van der Waals surface area contributed by atoms with Crippen LogP contribution in [0.4, 0.5) is 10.6 Å². The lowest BCUT2D eigenvalue weighted by Crippen LogP contribution is -2.50. The Balaban J connectivity index is 1.43. The van der Waals surface area contributed by atoms with E-state index in [-0.39, 0.29) is 12.1 Å². The zero-order valence-electron chi connectivity index (χ0n) is 14.7. The van der Waals surface area contributed by atoms with Crippen molar-refractivity contribution < 1.29 is 9.53 Å². The number of nitrogens with zero attached hydrogens (tertiary/aromatic N) is 4. The van der Waals surface area contributed by atoms with Crippen molar-refractivity contribution in [1.82, 2.24) is 15.1 Å². The number of thiophene rings is 1. The molecule has 1 amide bonds. The monoisotopic (exact) mass is 358 g/mol. The first-order chi connectivity index (χ1) is 11.9. The lowest BCUT2D eigenvalue weighted by Gasteiger charge is -2.35. The van der Waals surface area contributed by atoms with Gasteiger partial charge in [-0.1, -0.05) is 0 Å². The van der Waals surface area contributed by atoms with Crippen LogP contribution in [0.3, 0.4) is 0 Å². The lowest BCUT2D eigenvalue weighted by atomic mass is 10.2. The van der Waals surface area contributed by atoms with Crippen molar-refractivity contribution in [2.75, 3.05) is 18.0 Å². The van der Waals surface area contributed by atoms with Crippen molar-refractivity contribution in [3.05, 3.63) is 29.0 Å². The third-order valence-electron chi connectivity index (χ3n) is 4.63. The number of carbonyl (C=O) groups excluding carboxylic acids is 1. The van der Waals surface area contributed by atoms with Crippen LogP contribution in [0.1, 0.15) is 27.2 Å². The van der Waals surface area contributed by atoms with Gasteiger partial charge in [0, 0.05) is 24.0 Å². The van der Waals surface area contributed by atoms with Crippen molar-refractivity contribution in [2.45, 2.75) is 44.9 Å². The SMILES string of the molecule is CC(C)(C)OC(=O)N1C[C@@H]2C[C@H]1CN2c1ccc(-c2ccsc2)nn1. The first-order valence-corrected chi connectivity index (χ1v) is 9.47. The minimum atomic E-state index is -0.457. The summed E-state index contributed by atoms with van der Waals surface area (Å²) in [6.45, 7) is 7.17. The summed E-state index contributed by atoms with van der Waals surface area (Å²) < 4.78 is 5.51. The fraction of sp³-hybridized carbons (Fsp3) is 0.500. The van der Waals surface area contributed by atoms with Gasteiger partial charge >= 0.3 is 6.09 Å². The molecule has 0 radical (unpaired) electrons. The van der Waals surface area contributed by atoms with E-state index in [2.05, 4.69) is 20.5 Å². The Morgan fingerprint density at radius 3 is 2.60 bits per heavy atom. The van der Waals surface area contributed by atoms with E-state index in [1.807, 2.05) is 49.3 Å². The van der Waals surface area contributed by atoms with Gasteiger partial charge in [-0.3, -0.25) is 0 Å². The van der Waals surface area contributed by atoms with Gasteiger partial charge in [0.2, 0.25) is 0 Å². The van der Waals surface area contributed by atoms with Gasteiger partial charge in [-0.05, 0) is 50.8 Å². The number of likely N-dealkylation sites (tertiary alicyclic amines) is 1. The minimum absolute atomic E-state index is 0.193. The second-order valence-electron chi connectivity index (χ2n) is 7.62. The van der Waals surface area contributed by atoms with Gasteiger partial charge in [0.25, 0.3) is 0 Å². The largest absolute Gasteiger partial charge is 0.444 e. The van der Waals surface area contributed by atoms with Crippen molar-refractivity contribution >= 4 is 23.2 Å². The highest BCUT2D eigenvalue weighted by Crippen LogP contribution is 2.34. The fourth-order valence-electron chi connectivity index (χ4n) is 3.53. The van der Waals surface area contributed by atoms with Gasteiger partial charge in [0.05, 0.1) is 17.8 Å². The topological polar surface area (TPSA) is 58.6 Å². The number of hydrogen-bond acceptors (Lipinski definition) is 6. The predicted molar refractivity (Wildman–Crippen MR) is 97.8 cm³/mol. The third kappa shape index (κ3) is 3.20. The van der Waals surface area contributed by atoms with Crippen LogP contribution >= 0.6 is 11.3 Å². The fourth-order valence-corrected chi connectivity index (χ4v) is 4.18. The molecule has 7 heteroatoms. The summed E-state index contributed by atoms with van der Waals surface area (Å²) in [5, 5.41) is 12.9. The number of hydrogen-bond donors (Lipinski definition) is 0. The maximum atomic E-state index is 12.3. The molecule has 2 aromatic rings. The normalized spacial score (nSPS) is 22.5. The molecule has 0 saturated carbocycles. The Bertz CT molecular complexity index is 754. The molecule has 2 aromatic heterocycles. The Morgan fingerprint density at radius 2 is 2.04 bits per heavy atom. The molecule has 2 bridgehead atoms.